The summed E-state index contributed by atoms with van der Waals surface area (Å²) in [4.78, 5) is 2.51. The van der Waals surface area contributed by atoms with Crippen molar-refractivity contribution < 1.29 is 4.74 Å². The highest BCUT2D eigenvalue weighted by Gasteiger charge is 2.23. The fourth-order valence-electron chi connectivity index (χ4n) is 2.67. The quantitative estimate of drug-likeness (QED) is 0.692. The van der Waals surface area contributed by atoms with Gasteiger partial charge in [0.15, 0.2) is 0 Å². The number of ether oxygens (including phenoxy) is 1. The topological polar surface area (TPSA) is 12.5 Å². The Balaban J connectivity index is 2.03. The molecular weight excluding hydrogens is 186 g/mol. The highest BCUT2D eigenvalue weighted by molar-refractivity contribution is 5.48. The van der Waals surface area contributed by atoms with Crippen LogP contribution in [0.15, 0.2) is 12.1 Å². The molecule has 0 saturated carbocycles. The smallest absolute Gasteiger partial charge is 0.122 e. The van der Waals surface area contributed by atoms with Gasteiger partial charge in [-0.3, -0.25) is 4.90 Å². The standard InChI is InChI=1S/C13H17NO/c1-2-14-7-5-10-3-4-13-11(6-8-15-13)12(10)9-14/h3-4H,2,5-9H2,1H3. The fourth-order valence-corrected chi connectivity index (χ4v) is 2.67. The molecule has 0 N–H and O–H groups in total. The summed E-state index contributed by atoms with van der Waals surface area (Å²) in [7, 11) is 0. The molecule has 15 heavy (non-hydrogen) atoms. The second-order valence-corrected chi connectivity index (χ2v) is 4.40. The van der Waals surface area contributed by atoms with Crippen molar-refractivity contribution in [2.75, 3.05) is 19.7 Å². The zero-order valence-electron chi connectivity index (χ0n) is 9.25. The molecule has 2 heterocycles. The van der Waals surface area contributed by atoms with Crippen LogP contribution in [0.2, 0.25) is 0 Å². The molecule has 0 fully saturated rings. The first kappa shape index (κ1) is 9.22. The first-order chi connectivity index (χ1) is 7.38. The van der Waals surface area contributed by atoms with E-state index in [9.17, 15) is 0 Å². The van der Waals surface area contributed by atoms with Crippen LogP contribution in [-0.2, 0) is 19.4 Å². The summed E-state index contributed by atoms with van der Waals surface area (Å²) in [5, 5.41) is 0. The Morgan fingerprint density at radius 2 is 2.20 bits per heavy atom. The van der Waals surface area contributed by atoms with E-state index in [1.807, 2.05) is 0 Å². The lowest BCUT2D eigenvalue weighted by atomic mass is 9.93. The lowest BCUT2D eigenvalue weighted by molar-refractivity contribution is 0.267. The number of hydrogen-bond acceptors (Lipinski definition) is 2. The number of rotatable bonds is 1. The minimum atomic E-state index is 0.873. The van der Waals surface area contributed by atoms with E-state index >= 15 is 0 Å². The fraction of sp³-hybridized carbons (Fsp3) is 0.538. The van der Waals surface area contributed by atoms with Crippen molar-refractivity contribution in [2.24, 2.45) is 0 Å². The van der Waals surface area contributed by atoms with Crippen molar-refractivity contribution in [2.45, 2.75) is 26.3 Å². The minimum Gasteiger partial charge on any atom is -0.493 e. The van der Waals surface area contributed by atoms with Crippen molar-refractivity contribution in [3.05, 3.63) is 28.8 Å². The maximum atomic E-state index is 5.61. The number of likely N-dealkylation sites (N-methyl/N-ethyl adjacent to an activating group) is 1. The lowest BCUT2D eigenvalue weighted by Crippen LogP contribution is -2.30. The van der Waals surface area contributed by atoms with Crippen molar-refractivity contribution in [3.63, 3.8) is 0 Å². The lowest BCUT2D eigenvalue weighted by Gasteiger charge is -2.28. The van der Waals surface area contributed by atoms with Gasteiger partial charge >= 0.3 is 0 Å². The number of fused-ring (bicyclic) bond motifs is 3. The third kappa shape index (κ3) is 1.44. The van der Waals surface area contributed by atoms with E-state index < -0.39 is 0 Å². The molecule has 0 radical (unpaired) electrons. The molecule has 1 aromatic rings. The summed E-state index contributed by atoms with van der Waals surface area (Å²) in [5.41, 5.74) is 4.58. The van der Waals surface area contributed by atoms with E-state index in [0.29, 0.717) is 0 Å². The maximum absolute atomic E-state index is 5.61. The molecule has 0 atom stereocenters. The average molecular weight is 203 g/mol. The molecule has 2 aliphatic heterocycles. The Hall–Kier alpha value is -1.02. The molecule has 2 nitrogen and oxygen atoms in total. The Kier molecular flexibility index (Phi) is 2.17. The van der Waals surface area contributed by atoms with Crippen molar-refractivity contribution in [1.29, 1.82) is 0 Å². The summed E-state index contributed by atoms with van der Waals surface area (Å²) in [6, 6.07) is 4.41. The van der Waals surface area contributed by atoms with Crippen LogP contribution in [0, 0.1) is 0 Å². The van der Waals surface area contributed by atoms with Crippen molar-refractivity contribution >= 4 is 0 Å². The molecule has 2 heteroatoms. The summed E-state index contributed by atoms with van der Waals surface area (Å²) in [5.74, 6) is 1.13. The monoisotopic (exact) mass is 203 g/mol. The molecule has 0 aliphatic carbocycles. The van der Waals surface area contributed by atoms with E-state index in [0.717, 1.165) is 31.9 Å². The Labute approximate surface area is 90.8 Å². The summed E-state index contributed by atoms with van der Waals surface area (Å²) in [6.45, 7) is 6.61. The first-order valence-corrected chi connectivity index (χ1v) is 5.87. The van der Waals surface area contributed by atoms with E-state index in [4.69, 9.17) is 4.74 Å². The van der Waals surface area contributed by atoms with Crippen molar-refractivity contribution in [3.8, 4) is 5.75 Å². The van der Waals surface area contributed by atoms with E-state index in [2.05, 4.69) is 24.0 Å². The Bertz CT molecular complexity index is 386. The number of benzene rings is 1. The predicted molar refractivity (Wildman–Crippen MR) is 60.3 cm³/mol. The molecular formula is C13H17NO. The highest BCUT2D eigenvalue weighted by atomic mass is 16.5. The number of hydrogen-bond donors (Lipinski definition) is 0. The van der Waals surface area contributed by atoms with E-state index in [1.54, 1.807) is 11.1 Å². The van der Waals surface area contributed by atoms with E-state index in [-0.39, 0.29) is 0 Å². The summed E-state index contributed by atoms with van der Waals surface area (Å²) in [6.07, 6.45) is 2.31. The van der Waals surface area contributed by atoms with Crippen LogP contribution in [0.1, 0.15) is 23.6 Å². The SMILES string of the molecule is CCN1CCc2ccc3c(c2C1)CCO3. The van der Waals surface area contributed by atoms with Gasteiger partial charge in [-0.25, -0.2) is 0 Å². The van der Waals surface area contributed by atoms with Gasteiger partial charge in [-0.1, -0.05) is 13.0 Å². The van der Waals surface area contributed by atoms with Crippen molar-refractivity contribution in [1.82, 2.24) is 4.90 Å². The number of nitrogens with zero attached hydrogens (tertiary/aromatic N) is 1. The van der Waals surface area contributed by atoms with Crippen LogP contribution < -0.4 is 4.74 Å². The normalized spacial score (nSPS) is 19.5. The van der Waals surface area contributed by atoms with Crippen LogP contribution >= 0.6 is 0 Å². The molecule has 1 aromatic carbocycles. The summed E-state index contributed by atoms with van der Waals surface area (Å²) >= 11 is 0. The zero-order chi connectivity index (χ0) is 10.3. The second kappa shape index (κ2) is 3.53. The van der Waals surface area contributed by atoms with Gasteiger partial charge in [-0.15, -0.1) is 0 Å². The molecule has 0 saturated heterocycles. The van der Waals surface area contributed by atoms with Gasteiger partial charge in [0.25, 0.3) is 0 Å². The molecule has 0 amide bonds. The first-order valence-electron chi connectivity index (χ1n) is 5.87. The molecule has 2 aliphatic rings. The predicted octanol–water partition coefficient (Wildman–Crippen LogP) is 2.00. The second-order valence-electron chi connectivity index (χ2n) is 4.40. The molecule has 0 bridgehead atoms. The molecule has 0 aromatic heterocycles. The van der Waals surface area contributed by atoms with Crippen LogP contribution in [0.4, 0.5) is 0 Å². The molecule has 0 spiro atoms. The van der Waals surface area contributed by atoms with Crippen LogP contribution in [0.5, 0.6) is 5.75 Å². The van der Waals surface area contributed by atoms with Gasteiger partial charge in [0.05, 0.1) is 6.61 Å². The Morgan fingerprint density at radius 1 is 1.27 bits per heavy atom. The highest BCUT2D eigenvalue weighted by Crippen LogP contribution is 2.33. The van der Waals surface area contributed by atoms with E-state index in [1.165, 1.54) is 18.5 Å². The van der Waals surface area contributed by atoms with Gasteiger partial charge in [0, 0.05) is 25.1 Å². The summed E-state index contributed by atoms with van der Waals surface area (Å²) < 4.78 is 5.61. The van der Waals surface area contributed by atoms with Gasteiger partial charge in [-0.05, 0) is 30.2 Å². The third-order valence-corrected chi connectivity index (χ3v) is 3.62. The Morgan fingerprint density at radius 3 is 3.07 bits per heavy atom. The molecule has 80 valence electrons. The van der Waals surface area contributed by atoms with Gasteiger partial charge in [0.2, 0.25) is 0 Å². The van der Waals surface area contributed by atoms with Gasteiger partial charge in [0.1, 0.15) is 5.75 Å². The minimum absolute atomic E-state index is 0.873. The maximum Gasteiger partial charge on any atom is 0.122 e. The van der Waals surface area contributed by atoms with Gasteiger partial charge < -0.3 is 4.74 Å². The third-order valence-electron chi connectivity index (χ3n) is 3.62. The molecule has 3 rings (SSSR count). The van der Waals surface area contributed by atoms with Crippen LogP contribution in [-0.4, -0.2) is 24.6 Å². The van der Waals surface area contributed by atoms with Gasteiger partial charge in [-0.2, -0.15) is 0 Å². The molecule has 0 unspecified atom stereocenters. The zero-order valence-corrected chi connectivity index (χ0v) is 9.25. The average Bonchev–Trinajstić information content (AvgIpc) is 2.76. The largest absolute Gasteiger partial charge is 0.493 e. The van der Waals surface area contributed by atoms with Crippen LogP contribution in [0.25, 0.3) is 0 Å². The van der Waals surface area contributed by atoms with Crippen LogP contribution in [0.3, 0.4) is 0 Å².